The van der Waals surface area contributed by atoms with Gasteiger partial charge in [-0.2, -0.15) is 8.78 Å². The van der Waals surface area contributed by atoms with Crippen LogP contribution in [0.5, 0.6) is 5.75 Å². The van der Waals surface area contributed by atoms with Crippen molar-refractivity contribution >= 4 is 6.08 Å². The fraction of sp³-hybridized carbons (Fsp3) is 0.286. The molecule has 0 unspecified atom stereocenters. The van der Waals surface area contributed by atoms with Crippen molar-refractivity contribution in [1.82, 2.24) is 0 Å². The van der Waals surface area contributed by atoms with E-state index in [1.807, 2.05) is 26.0 Å². The van der Waals surface area contributed by atoms with Crippen molar-refractivity contribution in [2.24, 2.45) is 0 Å². The van der Waals surface area contributed by atoms with Gasteiger partial charge in [0.05, 0.1) is 0 Å². The van der Waals surface area contributed by atoms with Gasteiger partial charge < -0.3 is 4.74 Å². The first-order chi connectivity index (χ1) is 8.13. The van der Waals surface area contributed by atoms with Gasteiger partial charge in [0.2, 0.25) is 0 Å². The molecule has 0 aliphatic heterocycles. The van der Waals surface area contributed by atoms with Crippen LogP contribution in [0.25, 0.3) is 6.08 Å². The molecule has 0 saturated carbocycles. The Morgan fingerprint density at radius 2 is 2.00 bits per heavy atom. The number of allylic oxidation sites excluding steroid dienone is 1. The van der Waals surface area contributed by atoms with Gasteiger partial charge in [-0.1, -0.05) is 25.1 Å². The fourth-order valence-electron chi connectivity index (χ4n) is 1.26. The number of aryl methyl sites for hydroxylation is 1. The Morgan fingerprint density at radius 1 is 1.35 bits per heavy atom. The van der Waals surface area contributed by atoms with Gasteiger partial charge in [-0.05, 0) is 36.6 Å². The highest BCUT2D eigenvalue weighted by molar-refractivity contribution is 5.55. The highest BCUT2D eigenvalue weighted by Gasteiger charge is 2.04. The SMILES string of the molecule is C#C.CC/C=C\c1ccc(OC(F)F)cc1C. The molecule has 0 heterocycles. The zero-order chi connectivity index (χ0) is 13.3. The molecule has 0 N–H and O–H groups in total. The molecule has 0 bridgehead atoms. The van der Waals surface area contributed by atoms with Crippen LogP contribution >= 0.6 is 0 Å². The first-order valence-corrected chi connectivity index (χ1v) is 5.18. The van der Waals surface area contributed by atoms with Crippen LogP contribution in [0.15, 0.2) is 24.3 Å². The maximum absolute atomic E-state index is 11.9. The molecular weight excluding hydrogens is 222 g/mol. The highest BCUT2D eigenvalue weighted by atomic mass is 19.3. The second-order valence-corrected chi connectivity index (χ2v) is 3.21. The summed E-state index contributed by atoms with van der Waals surface area (Å²) < 4.78 is 28.1. The lowest BCUT2D eigenvalue weighted by atomic mass is 10.1. The van der Waals surface area contributed by atoms with E-state index in [2.05, 4.69) is 17.6 Å². The zero-order valence-electron chi connectivity index (χ0n) is 9.99. The third-order valence-electron chi connectivity index (χ3n) is 2.00. The molecule has 0 atom stereocenters. The minimum Gasteiger partial charge on any atom is -0.435 e. The third kappa shape index (κ3) is 5.72. The first-order valence-electron chi connectivity index (χ1n) is 5.18. The monoisotopic (exact) mass is 238 g/mol. The van der Waals surface area contributed by atoms with Crippen LogP contribution in [-0.4, -0.2) is 6.61 Å². The maximum Gasteiger partial charge on any atom is 0.387 e. The number of benzene rings is 1. The summed E-state index contributed by atoms with van der Waals surface area (Å²) >= 11 is 0. The van der Waals surface area contributed by atoms with E-state index in [0.29, 0.717) is 0 Å². The van der Waals surface area contributed by atoms with E-state index in [4.69, 9.17) is 0 Å². The number of hydrogen-bond donors (Lipinski definition) is 0. The number of rotatable bonds is 4. The molecule has 1 aromatic rings. The van der Waals surface area contributed by atoms with Crippen LogP contribution in [-0.2, 0) is 0 Å². The average Bonchev–Trinajstić information content (AvgIpc) is 2.30. The number of hydrogen-bond acceptors (Lipinski definition) is 1. The number of terminal acetylenes is 1. The van der Waals surface area contributed by atoms with E-state index in [1.54, 1.807) is 18.2 Å². The molecule has 0 fully saturated rings. The Balaban J connectivity index is 0.00000121. The van der Waals surface area contributed by atoms with E-state index >= 15 is 0 Å². The zero-order valence-corrected chi connectivity index (χ0v) is 9.99. The van der Waals surface area contributed by atoms with Gasteiger partial charge in [0.1, 0.15) is 5.75 Å². The Hall–Kier alpha value is -1.82. The molecule has 0 spiro atoms. The van der Waals surface area contributed by atoms with Gasteiger partial charge in [-0.25, -0.2) is 0 Å². The molecule has 0 amide bonds. The van der Waals surface area contributed by atoms with Gasteiger partial charge >= 0.3 is 6.61 Å². The molecule has 3 heteroatoms. The molecule has 0 aliphatic rings. The van der Waals surface area contributed by atoms with Crippen molar-refractivity contribution in [1.29, 1.82) is 0 Å². The standard InChI is InChI=1S/C12H14F2O.C2H2/c1-3-4-5-10-6-7-11(8-9(10)2)15-12(13)14;1-2/h4-8,12H,3H2,1-2H3;1-2H/b5-4-;. The van der Waals surface area contributed by atoms with Crippen LogP contribution in [0.1, 0.15) is 24.5 Å². The van der Waals surface area contributed by atoms with Crippen molar-refractivity contribution in [2.45, 2.75) is 26.9 Å². The van der Waals surface area contributed by atoms with Crippen molar-refractivity contribution in [3.8, 4) is 18.6 Å². The molecule has 92 valence electrons. The summed E-state index contributed by atoms with van der Waals surface area (Å²) in [5, 5.41) is 0. The Bertz CT molecular complexity index is 381. The molecule has 1 rings (SSSR count). The van der Waals surface area contributed by atoms with Crippen molar-refractivity contribution in [2.75, 3.05) is 0 Å². The number of halogens is 2. The molecule has 17 heavy (non-hydrogen) atoms. The third-order valence-corrected chi connectivity index (χ3v) is 2.00. The van der Waals surface area contributed by atoms with Crippen molar-refractivity contribution in [3.63, 3.8) is 0 Å². The molecule has 1 nitrogen and oxygen atoms in total. The Morgan fingerprint density at radius 3 is 2.47 bits per heavy atom. The van der Waals surface area contributed by atoms with Gasteiger partial charge in [-0.15, -0.1) is 12.8 Å². The normalized spacial score (nSPS) is 10.1. The summed E-state index contributed by atoms with van der Waals surface area (Å²) in [5.41, 5.74) is 1.95. The van der Waals surface area contributed by atoms with Gasteiger partial charge in [-0.3, -0.25) is 0 Å². The van der Waals surface area contributed by atoms with Gasteiger partial charge in [0, 0.05) is 0 Å². The Kier molecular flexibility index (Phi) is 7.45. The maximum atomic E-state index is 11.9. The minimum atomic E-state index is -2.76. The minimum absolute atomic E-state index is 0.205. The summed E-state index contributed by atoms with van der Waals surface area (Å²) in [6, 6.07) is 4.94. The number of ether oxygens (including phenoxy) is 1. The molecule has 0 radical (unpaired) electrons. The van der Waals surface area contributed by atoms with E-state index in [1.165, 1.54) is 0 Å². The second-order valence-electron chi connectivity index (χ2n) is 3.21. The summed E-state index contributed by atoms with van der Waals surface area (Å²) in [5.74, 6) is 0.205. The van der Waals surface area contributed by atoms with Crippen LogP contribution in [0.3, 0.4) is 0 Å². The second kappa shape index (κ2) is 8.35. The van der Waals surface area contributed by atoms with Crippen LogP contribution in [0.4, 0.5) is 8.78 Å². The van der Waals surface area contributed by atoms with Crippen LogP contribution in [0, 0.1) is 19.8 Å². The summed E-state index contributed by atoms with van der Waals surface area (Å²) in [7, 11) is 0. The average molecular weight is 238 g/mol. The lowest BCUT2D eigenvalue weighted by Crippen LogP contribution is -2.02. The number of alkyl halides is 2. The smallest absolute Gasteiger partial charge is 0.387 e. The van der Waals surface area contributed by atoms with Gasteiger partial charge in [0.15, 0.2) is 0 Å². The van der Waals surface area contributed by atoms with E-state index in [9.17, 15) is 8.78 Å². The Labute approximate surface area is 101 Å². The van der Waals surface area contributed by atoms with E-state index in [0.717, 1.165) is 17.5 Å². The molecular formula is C14H16F2O. The topological polar surface area (TPSA) is 9.23 Å². The quantitative estimate of drug-likeness (QED) is 0.712. The van der Waals surface area contributed by atoms with E-state index < -0.39 is 6.61 Å². The van der Waals surface area contributed by atoms with E-state index in [-0.39, 0.29) is 5.75 Å². The fourth-order valence-corrected chi connectivity index (χ4v) is 1.26. The molecule has 0 saturated heterocycles. The molecule has 0 aromatic heterocycles. The van der Waals surface area contributed by atoms with Crippen molar-refractivity contribution < 1.29 is 13.5 Å². The van der Waals surface area contributed by atoms with Crippen LogP contribution < -0.4 is 4.74 Å². The first kappa shape index (κ1) is 15.2. The highest BCUT2D eigenvalue weighted by Crippen LogP contribution is 2.20. The van der Waals surface area contributed by atoms with Crippen LogP contribution in [0.2, 0.25) is 0 Å². The van der Waals surface area contributed by atoms with Gasteiger partial charge in [0.25, 0.3) is 0 Å². The molecule has 0 aliphatic carbocycles. The molecule has 1 aromatic carbocycles. The predicted octanol–water partition coefficient (Wildman–Crippen LogP) is 4.27. The lowest BCUT2D eigenvalue weighted by molar-refractivity contribution is -0.0498. The summed E-state index contributed by atoms with van der Waals surface area (Å²) in [6.07, 6.45) is 13.0. The van der Waals surface area contributed by atoms with Crippen molar-refractivity contribution in [3.05, 3.63) is 35.4 Å². The lowest BCUT2D eigenvalue weighted by Gasteiger charge is -2.06. The largest absolute Gasteiger partial charge is 0.435 e. The predicted molar refractivity (Wildman–Crippen MR) is 67.0 cm³/mol. The summed E-state index contributed by atoms with van der Waals surface area (Å²) in [6.45, 7) is 1.15. The summed E-state index contributed by atoms with van der Waals surface area (Å²) in [4.78, 5) is 0.